The molecule has 0 aromatic heterocycles. The number of nitrogens with zero attached hydrogens (tertiary/aromatic N) is 2. The number of anilines is 2. The van der Waals surface area contributed by atoms with Gasteiger partial charge in [-0.3, -0.25) is 24.6 Å². The Balaban J connectivity index is 1.34. The average Bonchev–Trinajstić information content (AvgIpc) is 3.31. The van der Waals surface area contributed by atoms with Gasteiger partial charge in [-0.15, -0.1) is 0 Å². The Morgan fingerprint density at radius 3 is 2.72 bits per heavy atom. The number of carbonyl (C=O) groups excluding carboxylic acids is 4. The minimum atomic E-state index is -0.669. The number of fused-ring (bicyclic) bond motifs is 2. The van der Waals surface area contributed by atoms with Crippen LogP contribution in [0.2, 0.25) is 0 Å². The number of hydrogen-bond donors (Lipinski definition) is 3. The van der Waals surface area contributed by atoms with Crippen LogP contribution in [0.1, 0.15) is 34.3 Å². The van der Waals surface area contributed by atoms with E-state index in [-0.39, 0.29) is 36.9 Å². The van der Waals surface area contributed by atoms with E-state index >= 15 is 0 Å². The maximum absolute atomic E-state index is 13.1. The molecule has 3 aliphatic heterocycles. The summed E-state index contributed by atoms with van der Waals surface area (Å²) >= 11 is 0. The summed E-state index contributed by atoms with van der Waals surface area (Å²) in [5, 5.41) is 5.22. The molecule has 0 spiro atoms. The van der Waals surface area contributed by atoms with E-state index in [4.69, 9.17) is 5.73 Å². The van der Waals surface area contributed by atoms with Crippen molar-refractivity contribution in [3.8, 4) is 0 Å². The predicted octanol–water partition coefficient (Wildman–Crippen LogP) is 1.37. The number of amides is 5. The molecule has 32 heavy (non-hydrogen) atoms. The van der Waals surface area contributed by atoms with Crippen molar-refractivity contribution in [3.05, 3.63) is 59.2 Å². The highest BCUT2D eigenvalue weighted by atomic mass is 16.2. The van der Waals surface area contributed by atoms with Crippen LogP contribution in [0.3, 0.4) is 0 Å². The van der Waals surface area contributed by atoms with Crippen LogP contribution in [0.4, 0.5) is 16.2 Å². The van der Waals surface area contributed by atoms with E-state index in [1.54, 1.807) is 23.1 Å². The first-order chi connectivity index (χ1) is 15.5. The topological polar surface area (TPSA) is 125 Å². The predicted molar refractivity (Wildman–Crippen MR) is 117 cm³/mol. The van der Waals surface area contributed by atoms with E-state index in [0.29, 0.717) is 30.6 Å². The Morgan fingerprint density at radius 2 is 1.94 bits per heavy atom. The van der Waals surface area contributed by atoms with Crippen LogP contribution in [0, 0.1) is 0 Å². The van der Waals surface area contributed by atoms with Gasteiger partial charge in [0.1, 0.15) is 6.04 Å². The van der Waals surface area contributed by atoms with E-state index < -0.39 is 11.9 Å². The summed E-state index contributed by atoms with van der Waals surface area (Å²) in [7, 11) is 0. The second kappa shape index (κ2) is 7.76. The fraction of sp³-hybridized carbons (Fsp3) is 0.304. The number of rotatable bonds is 3. The molecule has 2 atom stereocenters. The molecule has 0 bridgehead atoms. The molecule has 0 aliphatic carbocycles. The normalized spacial score (nSPS) is 22.0. The van der Waals surface area contributed by atoms with Gasteiger partial charge in [-0.1, -0.05) is 18.2 Å². The van der Waals surface area contributed by atoms with Crippen molar-refractivity contribution < 1.29 is 19.2 Å². The zero-order chi connectivity index (χ0) is 22.4. The maximum Gasteiger partial charge on any atom is 0.326 e. The second-order valence-electron chi connectivity index (χ2n) is 8.29. The lowest BCUT2D eigenvalue weighted by molar-refractivity contribution is -0.136. The molecular formula is C23H23N5O4. The number of urea groups is 1. The Bertz CT molecular complexity index is 1150. The molecule has 1 saturated heterocycles. The highest BCUT2D eigenvalue weighted by Crippen LogP contribution is 2.33. The van der Waals surface area contributed by atoms with Crippen LogP contribution in [-0.2, 0) is 22.6 Å². The zero-order valence-electron chi connectivity index (χ0n) is 17.3. The van der Waals surface area contributed by atoms with Gasteiger partial charge in [-0.2, -0.15) is 0 Å². The van der Waals surface area contributed by atoms with Gasteiger partial charge in [-0.05, 0) is 48.2 Å². The molecule has 9 heteroatoms. The molecule has 5 rings (SSSR count). The minimum absolute atomic E-state index is 0.119. The van der Waals surface area contributed by atoms with Gasteiger partial charge >= 0.3 is 6.03 Å². The molecule has 1 fully saturated rings. The molecule has 9 nitrogen and oxygen atoms in total. The number of carbonyl (C=O) groups is 4. The lowest BCUT2D eigenvalue weighted by Crippen LogP contribution is -2.52. The molecule has 0 saturated carbocycles. The number of para-hydroxylation sites is 1. The SMILES string of the molecule is NC[C@@H]1Cc2ccccc2N1C(=O)Nc1ccc2c(c1)CN(C1CCC(=O)NC1=O)C2=O. The lowest BCUT2D eigenvalue weighted by atomic mass is 10.0. The lowest BCUT2D eigenvalue weighted by Gasteiger charge is -2.29. The second-order valence-corrected chi connectivity index (χ2v) is 8.29. The summed E-state index contributed by atoms with van der Waals surface area (Å²) < 4.78 is 0. The molecule has 2 aromatic carbocycles. The van der Waals surface area contributed by atoms with E-state index in [9.17, 15) is 19.2 Å². The van der Waals surface area contributed by atoms with Crippen LogP contribution < -0.4 is 21.3 Å². The first-order valence-electron chi connectivity index (χ1n) is 10.6. The smallest absolute Gasteiger partial charge is 0.326 e. The fourth-order valence-electron chi connectivity index (χ4n) is 4.76. The number of imide groups is 1. The van der Waals surface area contributed by atoms with Gasteiger partial charge in [0.2, 0.25) is 11.8 Å². The van der Waals surface area contributed by atoms with Crippen molar-refractivity contribution in [3.63, 3.8) is 0 Å². The van der Waals surface area contributed by atoms with Crippen LogP contribution in [-0.4, -0.2) is 47.3 Å². The van der Waals surface area contributed by atoms with Crippen molar-refractivity contribution in [2.24, 2.45) is 5.73 Å². The summed E-state index contributed by atoms with van der Waals surface area (Å²) in [5.41, 5.74) is 9.63. The van der Waals surface area contributed by atoms with Gasteiger partial charge in [0.05, 0.1) is 6.04 Å². The Hall–Kier alpha value is -3.72. The molecule has 3 aliphatic rings. The van der Waals surface area contributed by atoms with Crippen LogP contribution in [0.15, 0.2) is 42.5 Å². The average molecular weight is 433 g/mol. The molecule has 0 radical (unpaired) electrons. The van der Waals surface area contributed by atoms with Crippen LogP contribution >= 0.6 is 0 Å². The van der Waals surface area contributed by atoms with Gasteiger partial charge in [-0.25, -0.2) is 4.79 Å². The number of nitrogens with one attached hydrogen (secondary N) is 2. The number of nitrogens with two attached hydrogens (primary N) is 1. The third-order valence-electron chi connectivity index (χ3n) is 6.34. The van der Waals surface area contributed by atoms with Gasteiger partial charge in [0.15, 0.2) is 0 Å². The summed E-state index contributed by atoms with van der Waals surface area (Å²) in [4.78, 5) is 52.7. The van der Waals surface area contributed by atoms with Gasteiger partial charge in [0.25, 0.3) is 5.91 Å². The zero-order valence-corrected chi connectivity index (χ0v) is 17.3. The summed E-state index contributed by atoms with van der Waals surface area (Å²) in [6, 6.07) is 11.8. The van der Waals surface area contributed by atoms with Gasteiger partial charge < -0.3 is 16.0 Å². The van der Waals surface area contributed by atoms with Crippen LogP contribution in [0.25, 0.3) is 0 Å². The molecule has 164 valence electrons. The van der Waals surface area contributed by atoms with E-state index in [1.807, 2.05) is 24.3 Å². The Labute approximate surface area is 184 Å². The van der Waals surface area contributed by atoms with Crippen molar-refractivity contribution in [1.29, 1.82) is 0 Å². The first kappa shape index (κ1) is 20.2. The number of hydrogen-bond acceptors (Lipinski definition) is 5. The first-order valence-corrected chi connectivity index (χ1v) is 10.6. The summed E-state index contributed by atoms with van der Waals surface area (Å²) in [6.45, 7) is 0.601. The van der Waals surface area contributed by atoms with Crippen molar-refractivity contribution in [2.75, 3.05) is 16.8 Å². The standard InChI is InChI=1S/C23H23N5O4/c24-11-16-10-13-3-1-2-4-18(13)28(16)23(32)25-15-5-6-17-14(9-15)12-27(22(17)31)19-7-8-20(29)26-21(19)30/h1-6,9,16,19H,7-8,10-12,24H2,(H,25,32)(H,26,29,30)/t16-,19?/m0/s1. The maximum atomic E-state index is 13.1. The highest BCUT2D eigenvalue weighted by Gasteiger charge is 2.39. The molecule has 1 unspecified atom stereocenters. The summed E-state index contributed by atoms with van der Waals surface area (Å²) in [5.74, 6) is -1.01. The summed E-state index contributed by atoms with van der Waals surface area (Å²) in [6.07, 6.45) is 1.22. The largest absolute Gasteiger partial charge is 0.328 e. The molecule has 4 N–H and O–H groups in total. The van der Waals surface area contributed by atoms with Crippen molar-refractivity contribution >= 4 is 35.1 Å². The molecule has 2 aromatic rings. The fourth-order valence-corrected chi connectivity index (χ4v) is 4.76. The minimum Gasteiger partial charge on any atom is -0.328 e. The Kier molecular flexibility index (Phi) is 4.90. The Morgan fingerprint density at radius 1 is 1.12 bits per heavy atom. The van der Waals surface area contributed by atoms with Crippen molar-refractivity contribution in [1.82, 2.24) is 10.2 Å². The monoisotopic (exact) mass is 433 g/mol. The van der Waals surface area contributed by atoms with Gasteiger partial charge in [0, 0.05) is 36.4 Å². The number of piperidine rings is 1. The van der Waals surface area contributed by atoms with Crippen molar-refractivity contribution in [2.45, 2.75) is 37.9 Å². The van der Waals surface area contributed by atoms with E-state index in [2.05, 4.69) is 10.6 Å². The third-order valence-corrected chi connectivity index (χ3v) is 6.34. The van der Waals surface area contributed by atoms with E-state index in [0.717, 1.165) is 16.8 Å². The van der Waals surface area contributed by atoms with Crippen LogP contribution in [0.5, 0.6) is 0 Å². The quantitative estimate of drug-likeness (QED) is 0.631. The third kappa shape index (κ3) is 3.31. The molecule has 5 amide bonds. The molecule has 3 heterocycles. The highest BCUT2D eigenvalue weighted by molar-refractivity contribution is 6.07. The number of benzene rings is 2. The van der Waals surface area contributed by atoms with E-state index in [1.165, 1.54) is 4.90 Å². The molecular weight excluding hydrogens is 410 g/mol.